The van der Waals surface area contributed by atoms with Crippen molar-refractivity contribution >= 4 is 5.84 Å². The van der Waals surface area contributed by atoms with Gasteiger partial charge < -0.3 is 5.73 Å². The van der Waals surface area contributed by atoms with Gasteiger partial charge in [-0.15, -0.1) is 0 Å². The summed E-state index contributed by atoms with van der Waals surface area (Å²) in [5.41, 5.74) is 7.75. The molecule has 2 rings (SSSR count). The van der Waals surface area contributed by atoms with Gasteiger partial charge in [0.05, 0.1) is 0 Å². The number of rotatable bonds is 4. The van der Waals surface area contributed by atoms with Gasteiger partial charge in [-0.25, -0.2) is 0 Å². The number of nitrogens with zero attached hydrogens (tertiary/aromatic N) is 1. The molecule has 0 radical (unpaired) electrons. The van der Waals surface area contributed by atoms with Crippen molar-refractivity contribution < 1.29 is 0 Å². The van der Waals surface area contributed by atoms with Crippen LogP contribution in [0.1, 0.15) is 44.2 Å². The van der Waals surface area contributed by atoms with E-state index >= 15 is 0 Å². The van der Waals surface area contributed by atoms with E-state index in [-0.39, 0.29) is 5.84 Å². The van der Waals surface area contributed by atoms with Crippen LogP contribution in [0.25, 0.3) is 0 Å². The van der Waals surface area contributed by atoms with Crippen molar-refractivity contribution in [2.45, 2.75) is 39.7 Å². The molecule has 1 heterocycles. The van der Waals surface area contributed by atoms with Crippen LogP contribution in [-0.2, 0) is 6.54 Å². The maximum atomic E-state index is 7.68. The summed E-state index contributed by atoms with van der Waals surface area (Å²) in [4.78, 5) is 2.52. The van der Waals surface area contributed by atoms with Gasteiger partial charge in [0.1, 0.15) is 5.84 Å². The third-order valence-corrected chi connectivity index (χ3v) is 4.51. The quantitative estimate of drug-likeness (QED) is 0.653. The number of amidine groups is 1. The van der Waals surface area contributed by atoms with Crippen LogP contribution in [0.3, 0.4) is 0 Å². The average molecular weight is 273 g/mol. The Kier molecular flexibility index (Phi) is 5.18. The van der Waals surface area contributed by atoms with E-state index in [1.165, 1.54) is 24.8 Å². The van der Waals surface area contributed by atoms with Crippen LogP contribution in [0.5, 0.6) is 0 Å². The predicted molar refractivity (Wildman–Crippen MR) is 84.9 cm³/mol. The van der Waals surface area contributed by atoms with Gasteiger partial charge in [0.2, 0.25) is 0 Å². The number of likely N-dealkylation sites (tertiary alicyclic amines) is 1. The van der Waals surface area contributed by atoms with E-state index in [0.717, 1.165) is 37.0 Å². The molecule has 0 saturated carbocycles. The molecule has 1 aliphatic heterocycles. The topological polar surface area (TPSA) is 53.1 Å². The van der Waals surface area contributed by atoms with Crippen molar-refractivity contribution in [1.29, 1.82) is 5.41 Å². The molecule has 0 spiro atoms. The van der Waals surface area contributed by atoms with Gasteiger partial charge in [0.15, 0.2) is 0 Å². The smallest absolute Gasteiger partial charge is 0.123 e. The minimum absolute atomic E-state index is 0.176. The number of nitrogens with two attached hydrogens (primary N) is 1. The van der Waals surface area contributed by atoms with Crippen LogP contribution in [0.4, 0.5) is 0 Å². The molecule has 1 aromatic carbocycles. The minimum atomic E-state index is 0.176. The second kappa shape index (κ2) is 6.89. The number of hydrogen-bond acceptors (Lipinski definition) is 2. The highest BCUT2D eigenvalue weighted by Gasteiger charge is 2.20. The van der Waals surface area contributed by atoms with Crippen molar-refractivity contribution in [3.8, 4) is 0 Å². The Hall–Kier alpha value is -1.35. The van der Waals surface area contributed by atoms with E-state index in [1.807, 2.05) is 18.2 Å². The van der Waals surface area contributed by atoms with Gasteiger partial charge in [-0.3, -0.25) is 10.3 Å². The summed E-state index contributed by atoms with van der Waals surface area (Å²) in [6.45, 7) is 7.92. The third-order valence-electron chi connectivity index (χ3n) is 4.51. The van der Waals surface area contributed by atoms with Gasteiger partial charge in [-0.05, 0) is 49.8 Å². The standard InChI is InChI=1S/C17H27N3/c1-13(2)14-7-5-10-20(11-9-14)12-15-6-3-4-8-16(15)17(18)19/h3-4,6,8,13-14H,5,7,9-12H2,1-2H3,(H3,18,19). The lowest BCUT2D eigenvalue weighted by atomic mass is 9.89. The maximum absolute atomic E-state index is 7.68. The van der Waals surface area contributed by atoms with Crippen LogP contribution in [0.15, 0.2) is 24.3 Å². The lowest BCUT2D eigenvalue weighted by Crippen LogP contribution is -2.26. The SMILES string of the molecule is CC(C)C1CCCN(Cc2ccccc2C(=N)N)CC1. The molecule has 110 valence electrons. The summed E-state index contributed by atoms with van der Waals surface area (Å²) in [6, 6.07) is 8.04. The molecule has 1 saturated heterocycles. The van der Waals surface area contributed by atoms with Gasteiger partial charge in [0.25, 0.3) is 0 Å². The Morgan fingerprint density at radius 1 is 1.30 bits per heavy atom. The lowest BCUT2D eigenvalue weighted by molar-refractivity contribution is 0.264. The van der Waals surface area contributed by atoms with Crippen LogP contribution >= 0.6 is 0 Å². The molecule has 1 aromatic rings. The maximum Gasteiger partial charge on any atom is 0.123 e. The normalized spacial score (nSPS) is 20.9. The Labute approximate surface area is 122 Å². The molecule has 1 aliphatic rings. The molecule has 1 unspecified atom stereocenters. The molecule has 0 amide bonds. The molecule has 3 heteroatoms. The second-order valence-corrected chi connectivity index (χ2v) is 6.28. The molecule has 3 nitrogen and oxygen atoms in total. The summed E-state index contributed by atoms with van der Waals surface area (Å²) < 4.78 is 0. The Morgan fingerprint density at radius 2 is 2.05 bits per heavy atom. The van der Waals surface area contributed by atoms with Gasteiger partial charge >= 0.3 is 0 Å². The van der Waals surface area contributed by atoms with Crippen LogP contribution < -0.4 is 5.73 Å². The third kappa shape index (κ3) is 3.83. The molecule has 0 aromatic heterocycles. The Morgan fingerprint density at radius 3 is 2.75 bits per heavy atom. The molecule has 1 fully saturated rings. The number of hydrogen-bond donors (Lipinski definition) is 2. The summed E-state index contributed by atoms with van der Waals surface area (Å²) in [7, 11) is 0. The van der Waals surface area contributed by atoms with E-state index in [2.05, 4.69) is 24.8 Å². The van der Waals surface area contributed by atoms with Crippen molar-refractivity contribution in [3.63, 3.8) is 0 Å². The molecule has 1 atom stereocenters. The minimum Gasteiger partial charge on any atom is -0.384 e. The first kappa shape index (κ1) is 15.0. The fraction of sp³-hybridized carbons (Fsp3) is 0.588. The Balaban J connectivity index is 2.02. The number of benzene rings is 1. The zero-order chi connectivity index (χ0) is 14.5. The predicted octanol–water partition coefficient (Wildman–Crippen LogP) is 3.23. The van der Waals surface area contributed by atoms with Gasteiger partial charge in [-0.2, -0.15) is 0 Å². The fourth-order valence-corrected chi connectivity index (χ4v) is 3.17. The zero-order valence-electron chi connectivity index (χ0n) is 12.7. The van der Waals surface area contributed by atoms with Crippen LogP contribution in [-0.4, -0.2) is 23.8 Å². The first-order valence-electron chi connectivity index (χ1n) is 7.72. The van der Waals surface area contributed by atoms with E-state index in [0.29, 0.717) is 0 Å². The lowest BCUT2D eigenvalue weighted by Gasteiger charge is -2.22. The molecular formula is C17H27N3. The zero-order valence-corrected chi connectivity index (χ0v) is 12.7. The first-order valence-corrected chi connectivity index (χ1v) is 7.72. The highest BCUT2D eigenvalue weighted by molar-refractivity contribution is 5.96. The Bertz CT molecular complexity index is 453. The second-order valence-electron chi connectivity index (χ2n) is 6.28. The molecule has 0 aliphatic carbocycles. The summed E-state index contributed by atoms with van der Waals surface area (Å²) >= 11 is 0. The molecular weight excluding hydrogens is 246 g/mol. The monoisotopic (exact) mass is 273 g/mol. The molecule has 3 N–H and O–H groups in total. The highest BCUT2D eigenvalue weighted by Crippen LogP contribution is 2.25. The molecule has 20 heavy (non-hydrogen) atoms. The van der Waals surface area contributed by atoms with Gasteiger partial charge in [-0.1, -0.05) is 38.1 Å². The van der Waals surface area contributed by atoms with Gasteiger partial charge in [0, 0.05) is 12.1 Å². The number of nitrogens with one attached hydrogen (secondary N) is 1. The summed E-state index contributed by atoms with van der Waals surface area (Å²) in [5, 5.41) is 7.68. The highest BCUT2D eigenvalue weighted by atomic mass is 15.1. The summed E-state index contributed by atoms with van der Waals surface area (Å²) in [5.74, 6) is 1.83. The fourth-order valence-electron chi connectivity index (χ4n) is 3.17. The van der Waals surface area contributed by atoms with Crippen molar-refractivity contribution in [3.05, 3.63) is 35.4 Å². The number of nitrogen functional groups attached to an aromatic ring is 1. The summed E-state index contributed by atoms with van der Waals surface area (Å²) in [6.07, 6.45) is 3.92. The van der Waals surface area contributed by atoms with Crippen LogP contribution in [0.2, 0.25) is 0 Å². The first-order chi connectivity index (χ1) is 9.58. The van der Waals surface area contributed by atoms with Crippen molar-refractivity contribution in [1.82, 2.24) is 4.90 Å². The van der Waals surface area contributed by atoms with Crippen molar-refractivity contribution in [2.24, 2.45) is 17.6 Å². The van der Waals surface area contributed by atoms with E-state index in [4.69, 9.17) is 11.1 Å². The van der Waals surface area contributed by atoms with Crippen LogP contribution in [0, 0.1) is 17.2 Å². The molecule has 0 bridgehead atoms. The van der Waals surface area contributed by atoms with E-state index in [1.54, 1.807) is 0 Å². The van der Waals surface area contributed by atoms with Crippen molar-refractivity contribution in [2.75, 3.05) is 13.1 Å². The van der Waals surface area contributed by atoms with E-state index in [9.17, 15) is 0 Å². The largest absolute Gasteiger partial charge is 0.384 e. The average Bonchev–Trinajstić information content (AvgIpc) is 2.65. The van der Waals surface area contributed by atoms with E-state index < -0.39 is 0 Å².